The number of amides is 2. The Morgan fingerprint density at radius 2 is 1.79 bits per heavy atom. The Kier molecular flexibility index (Phi) is 7.29. The van der Waals surface area contributed by atoms with Gasteiger partial charge in [0.15, 0.2) is 0 Å². The summed E-state index contributed by atoms with van der Waals surface area (Å²) in [6.45, 7) is -1.58. The van der Waals surface area contributed by atoms with Gasteiger partial charge in [-0.3, -0.25) is 9.59 Å². The van der Waals surface area contributed by atoms with Crippen molar-refractivity contribution in [2.24, 2.45) is 5.92 Å². The van der Waals surface area contributed by atoms with E-state index in [4.69, 9.17) is 51.1 Å². The van der Waals surface area contributed by atoms with E-state index in [1.807, 2.05) is 0 Å². The summed E-state index contributed by atoms with van der Waals surface area (Å²) in [4.78, 5) is 25.1. The summed E-state index contributed by atoms with van der Waals surface area (Å²) in [6, 6.07) is 6.16. The zero-order valence-corrected chi connectivity index (χ0v) is 19.5. The molecular formula is C20H14Cl4F4N2O3. The lowest BCUT2D eigenvalue weighted by atomic mass is 10.1. The van der Waals surface area contributed by atoms with Crippen molar-refractivity contribution in [2.45, 2.75) is 16.4 Å². The molecule has 2 aromatic carbocycles. The summed E-state index contributed by atoms with van der Waals surface area (Å²) < 4.78 is 54.3. The van der Waals surface area contributed by atoms with Crippen LogP contribution in [0.1, 0.15) is 21.8 Å². The maximum absolute atomic E-state index is 13.4. The first kappa shape index (κ1) is 25.7. The van der Waals surface area contributed by atoms with Crippen molar-refractivity contribution in [3.63, 3.8) is 0 Å². The maximum Gasteiger partial charge on any atom is 0.405 e. The largest absolute Gasteiger partial charge is 0.494 e. The second kappa shape index (κ2) is 9.37. The van der Waals surface area contributed by atoms with E-state index in [-0.39, 0.29) is 27.0 Å². The Morgan fingerprint density at radius 3 is 2.36 bits per heavy atom. The van der Waals surface area contributed by atoms with E-state index in [2.05, 4.69) is 5.32 Å². The Bertz CT molecular complexity index is 1110. The number of rotatable bonds is 6. The molecule has 2 amide bonds. The van der Waals surface area contributed by atoms with Gasteiger partial charge in [-0.05, 0) is 29.8 Å². The van der Waals surface area contributed by atoms with Crippen molar-refractivity contribution in [2.75, 3.05) is 19.0 Å². The quantitative estimate of drug-likeness (QED) is 0.346. The lowest BCUT2D eigenvalue weighted by Gasteiger charge is -2.14. The molecule has 3 rings (SSSR count). The van der Waals surface area contributed by atoms with E-state index >= 15 is 0 Å². The normalized spacial score (nSPS) is 19.1. The van der Waals surface area contributed by atoms with Crippen LogP contribution >= 0.6 is 46.4 Å². The molecule has 5 nitrogen and oxygen atoms in total. The van der Waals surface area contributed by atoms with Gasteiger partial charge in [-0.2, -0.15) is 13.2 Å². The van der Waals surface area contributed by atoms with Crippen molar-refractivity contribution in [1.29, 1.82) is 0 Å². The number of methoxy groups -OCH3 is 1. The minimum Gasteiger partial charge on any atom is -0.494 e. The standard InChI is InChI=1S/C20H14Cl4F4N2O3/c1-33-16-10(17(31)29-7-19(26,27)28)5-9(6-12(16)22)30-18(32)15-14(20(15,23)24)8-2-3-13(25)11(21)4-8/h2-6,14-15H,7H2,1H3,(H,29,31)(H,30,32). The monoisotopic (exact) mass is 546 g/mol. The average molecular weight is 548 g/mol. The fourth-order valence-corrected chi connectivity index (χ4v) is 4.62. The smallest absolute Gasteiger partial charge is 0.405 e. The molecule has 2 N–H and O–H groups in total. The van der Waals surface area contributed by atoms with Crippen LogP contribution < -0.4 is 15.4 Å². The van der Waals surface area contributed by atoms with Crippen LogP contribution in [0.3, 0.4) is 0 Å². The predicted molar refractivity (Wildman–Crippen MR) is 117 cm³/mol. The minimum atomic E-state index is -4.63. The maximum atomic E-state index is 13.4. The minimum absolute atomic E-state index is 0.00474. The number of hydrogen-bond donors (Lipinski definition) is 2. The van der Waals surface area contributed by atoms with Crippen LogP contribution in [0.15, 0.2) is 30.3 Å². The number of carbonyl (C=O) groups is 2. The first-order valence-electron chi connectivity index (χ1n) is 9.12. The zero-order chi connectivity index (χ0) is 24.7. The Balaban J connectivity index is 1.82. The van der Waals surface area contributed by atoms with Gasteiger partial charge in [-0.1, -0.05) is 29.3 Å². The predicted octanol–water partition coefficient (Wildman–Crippen LogP) is 5.96. The van der Waals surface area contributed by atoms with E-state index < -0.39 is 46.5 Å². The number of alkyl halides is 5. The number of ether oxygens (including phenoxy) is 1. The lowest BCUT2D eigenvalue weighted by molar-refractivity contribution is -0.123. The number of nitrogens with one attached hydrogen (secondary N) is 2. The van der Waals surface area contributed by atoms with Gasteiger partial charge in [0, 0.05) is 11.6 Å². The SMILES string of the molecule is COc1c(Cl)cc(NC(=O)C2C(c3ccc(F)c(Cl)c3)C2(Cl)Cl)cc1C(=O)NCC(F)(F)F. The summed E-state index contributed by atoms with van der Waals surface area (Å²) in [5.41, 5.74) is 0.103. The fraction of sp³-hybridized carbons (Fsp3) is 0.300. The molecule has 1 fully saturated rings. The van der Waals surface area contributed by atoms with Gasteiger partial charge in [0.1, 0.15) is 22.4 Å². The second-order valence-corrected chi connectivity index (χ2v) is 9.39. The summed E-state index contributed by atoms with van der Waals surface area (Å²) in [5, 5.41) is 3.90. The first-order valence-corrected chi connectivity index (χ1v) is 10.6. The molecule has 0 heterocycles. The number of hydrogen-bond acceptors (Lipinski definition) is 3. The summed E-state index contributed by atoms with van der Waals surface area (Å²) >= 11 is 24.4. The molecule has 1 aliphatic carbocycles. The molecule has 0 radical (unpaired) electrons. The van der Waals surface area contributed by atoms with Crippen LogP contribution in [0.25, 0.3) is 0 Å². The van der Waals surface area contributed by atoms with Crippen LogP contribution in [0, 0.1) is 11.7 Å². The summed E-state index contributed by atoms with van der Waals surface area (Å²) in [6.07, 6.45) is -4.63. The Morgan fingerprint density at radius 1 is 1.12 bits per heavy atom. The number of halogens is 8. The van der Waals surface area contributed by atoms with Crippen LogP contribution in [0.2, 0.25) is 10.0 Å². The third-order valence-electron chi connectivity index (χ3n) is 4.85. The first-order chi connectivity index (χ1) is 15.3. The Hall–Kier alpha value is -1.94. The van der Waals surface area contributed by atoms with E-state index in [0.717, 1.165) is 12.1 Å². The molecule has 0 bridgehead atoms. The molecule has 33 heavy (non-hydrogen) atoms. The topological polar surface area (TPSA) is 67.4 Å². The molecule has 2 atom stereocenters. The number of carbonyl (C=O) groups excluding carboxylic acids is 2. The van der Waals surface area contributed by atoms with Crippen molar-refractivity contribution >= 4 is 63.9 Å². The van der Waals surface area contributed by atoms with Crippen molar-refractivity contribution in [3.8, 4) is 5.75 Å². The third kappa shape index (κ3) is 5.59. The average Bonchev–Trinajstić information content (AvgIpc) is 3.29. The molecule has 0 saturated heterocycles. The molecule has 13 heteroatoms. The highest BCUT2D eigenvalue weighted by molar-refractivity contribution is 6.53. The summed E-state index contributed by atoms with van der Waals surface area (Å²) in [5.74, 6) is -4.28. The lowest BCUT2D eigenvalue weighted by Crippen LogP contribution is -2.34. The zero-order valence-electron chi connectivity index (χ0n) is 16.5. The van der Waals surface area contributed by atoms with Crippen molar-refractivity contribution in [1.82, 2.24) is 5.32 Å². The highest BCUT2D eigenvalue weighted by Gasteiger charge is 2.67. The van der Waals surface area contributed by atoms with Gasteiger partial charge in [0.25, 0.3) is 5.91 Å². The van der Waals surface area contributed by atoms with Crippen LogP contribution in [-0.2, 0) is 4.79 Å². The third-order valence-corrected chi connectivity index (χ3v) is 6.36. The molecule has 2 unspecified atom stereocenters. The molecule has 1 saturated carbocycles. The van der Waals surface area contributed by atoms with Crippen LogP contribution in [0.4, 0.5) is 23.2 Å². The Labute approximate surface area is 205 Å². The van der Waals surface area contributed by atoms with E-state index in [9.17, 15) is 27.2 Å². The second-order valence-electron chi connectivity index (χ2n) is 7.13. The van der Waals surface area contributed by atoms with Crippen molar-refractivity contribution < 1.29 is 31.9 Å². The van der Waals surface area contributed by atoms with Crippen LogP contribution in [0.5, 0.6) is 5.75 Å². The summed E-state index contributed by atoms with van der Waals surface area (Å²) in [7, 11) is 1.18. The molecule has 178 valence electrons. The molecular weight excluding hydrogens is 534 g/mol. The van der Waals surface area contributed by atoms with Crippen LogP contribution in [-0.4, -0.2) is 36.0 Å². The number of anilines is 1. The van der Waals surface area contributed by atoms with Gasteiger partial charge in [-0.15, -0.1) is 23.2 Å². The molecule has 1 aliphatic rings. The van der Waals surface area contributed by atoms with E-state index in [1.54, 1.807) is 5.32 Å². The molecule has 2 aromatic rings. The fourth-order valence-electron chi connectivity index (χ4n) is 3.31. The van der Waals surface area contributed by atoms with E-state index in [1.165, 1.54) is 25.3 Å². The molecule has 0 aromatic heterocycles. The van der Waals surface area contributed by atoms with E-state index in [0.29, 0.717) is 5.56 Å². The van der Waals surface area contributed by atoms with Gasteiger partial charge >= 0.3 is 6.18 Å². The van der Waals surface area contributed by atoms with Gasteiger partial charge < -0.3 is 15.4 Å². The molecule has 0 spiro atoms. The van der Waals surface area contributed by atoms with Gasteiger partial charge in [-0.25, -0.2) is 4.39 Å². The van der Waals surface area contributed by atoms with Gasteiger partial charge in [0.2, 0.25) is 5.91 Å². The van der Waals surface area contributed by atoms with Crippen molar-refractivity contribution in [3.05, 3.63) is 57.3 Å². The van der Waals surface area contributed by atoms with Gasteiger partial charge in [0.05, 0.1) is 28.6 Å². The highest BCUT2D eigenvalue weighted by atomic mass is 35.5. The molecule has 0 aliphatic heterocycles. The number of benzene rings is 2. The highest BCUT2D eigenvalue weighted by Crippen LogP contribution is 2.65.